The van der Waals surface area contributed by atoms with Gasteiger partial charge in [0, 0.05) is 15.6 Å². The smallest absolute Gasteiger partial charge is 0.419 e. The number of carboxylic acids is 1. The summed E-state index contributed by atoms with van der Waals surface area (Å²) in [5, 5.41) is 8.59. The zero-order chi connectivity index (χ0) is 15.6. The molecule has 1 heterocycles. The second kappa shape index (κ2) is 6.07. The fraction of sp³-hybridized carbons (Fsp3) is 0.0769. The quantitative estimate of drug-likeness (QED) is 0.841. The van der Waals surface area contributed by atoms with E-state index in [1.165, 1.54) is 30.5 Å². The van der Waals surface area contributed by atoms with Gasteiger partial charge in [-0.25, -0.2) is 9.78 Å². The van der Waals surface area contributed by atoms with Crippen molar-refractivity contribution >= 4 is 33.7 Å². The van der Waals surface area contributed by atoms with Gasteiger partial charge in [-0.1, -0.05) is 11.8 Å². The first-order valence-corrected chi connectivity index (χ1v) is 7.12. The minimum absolute atomic E-state index is 0.0687. The number of carbonyl (C=O) groups is 1. The molecule has 0 atom stereocenters. The molecular formula is C13H7BrF3NO2S. The maximum Gasteiger partial charge on any atom is 0.419 e. The highest BCUT2D eigenvalue weighted by molar-refractivity contribution is 9.10. The topological polar surface area (TPSA) is 50.2 Å². The normalized spacial score (nSPS) is 11.4. The molecule has 0 fully saturated rings. The Hall–Kier alpha value is -1.54. The van der Waals surface area contributed by atoms with E-state index < -0.39 is 17.7 Å². The molecule has 1 aromatic carbocycles. The molecule has 0 amide bonds. The average molecular weight is 378 g/mol. The van der Waals surface area contributed by atoms with Gasteiger partial charge < -0.3 is 5.11 Å². The number of aromatic carboxylic acids is 1. The molecule has 1 N–H and O–H groups in total. The van der Waals surface area contributed by atoms with Gasteiger partial charge in [0.15, 0.2) is 0 Å². The van der Waals surface area contributed by atoms with E-state index in [9.17, 15) is 18.0 Å². The van der Waals surface area contributed by atoms with Crippen LogP contribution in [0.15, 0.2) is 50.9 Å². The zero-order valence-corrected chi connectivity index (χ0v) is 12.6. The van der Waals surface area contributed by atoms with Crippen molar-refractivity contribution in [2.45, 2.75) is 16.1 Å². The number of rotatable bonds is 3. The largest absolute Gasteiger partial charge is 0.478 e. The van der Waals surface area contributed by atoms with Crippen LogP contribution in [0.5, 0.6) is 0 Å². The number of benzene rings is 1. The summed E-state index contributed by atoms with van der Waals surface area (Å²) in [5.41, 5.74) is -0.775. The van der Waals surface area contributed by atoms with E-state index in [4.69, 9.17) is 5.11 Å². The Morgan fingerprint density at radius 1 is 1.24 bits per heavy atom. The molecule has 8 heteroatoms. The fourth-order valence-electron chi connectivity index (χ4n) is 1.49. The first-order chi connectivity index (χ1) is 9.77. The molecule has 0 aliphatic heterocycles. The minimum Gasteiger partial charge on any atom is -0.478 e. The first-order valence-electron chi connectivity index (χ1n) is 5.51. The maximum atomic E-state index is 12.9. The molecule has 2 aromatic rings. The van der Waals surface area contributed by atoms with Crippen LogP contribution in [-0.2, 0) is 6.18 Å². The predicted octanol–water partition coefficient (Wildman–Crippen LogP) is 4.71. The lowest BCUT2D eigenvalue weighted by Gasteiger charge is -2.11. The van der Waals surface area contributed by atoms with Crippen LogP contribution in [0, 0.1) is 0 Å². The molecule has 0 bridgehead atoms. The van der Waals surface area contributed by atoms with Crippen molar-refractivity contribution in [2.75, 3.05) is 0 Å². The zero-order valence-electron chi connectivity index (χ0n) is 10.2. The van der Waals surface area contributed by atoms with Gasteiger partial charge in [-0.2, -0.15) is 13.2 Å². The molecule has 110 valence electrons. The van der Waals surface area contributed by atoms with Gasteiger partial charge in [-0.05, 0) is 46.3 Å². The van der Waals surface area contributed by atoms with Crippen LogP contribution in [0.4, 0.5) is 13.2 Å². The van der Waals surface area contributed by atoms with Crippen molar-refractivity contribution in [2.24, 2.45) is 0 Å². The summed E-state index contributed by atoms with van der Waals surface area (Å²) in [5.74, 6) is -1.09. The highest BCUT2D eigenvalue weighted by Gasteiger charge is 2.34. The number of aromatic nitrogens is 1. The molecule has 21 heavy (non-hydrogen) atoms. The van der Waals surface area contributed by atoms with E-state index in [1.807, 2.05) is 0 Å². The van der Waals surface area contributed by atoms with Crippen LogP contribution >= 0.6 is 27.7 Å². The van der Waals surface area contributed by atoms with Gasteiger partial charge in [-0.15, -0.1) is 0 Å². The first kappa shape index (κ1) is 15.8. The molecule has 3 nitrogen and oxygen atoms in total. The molecule has 2 rings (SSSR count). The number of hydrogen-bond donors (Lipinski definition) is 1. The van der Waals surface area contributed by atoms with E-state index in [0.717, 1.165) is 17.8 Å². The lowest BCUT2D eigenvalue weighted by Crippen LogP contribution is -2.08. The third-order valence-electron chi connectivity index (χ3n) is 2.44. The Kier molecular flexibility index (Phi) is 4.58. The number of alkyl halides is 3. The Labute approximate surface area is 130 Å². The van der Waals surface area contributed by atoms with Gasteiger partial charge in [0.1, 0.15) is 5.03 Å². The standard InChI is InChI=1S/C13H7BrF3NO2S/c14-8-5-10(13(15,16)17)11(18-6-8)21-9-3-1-7(2-4-9)12(19)20/h1-6H,(H,19,20). The Bertz CT molecular complexity index is 674. The maximum absolute atomic E-state index is 12.9. The summed E-state index contributed by atoms with van der Waals surface area (Å²) < 4.78 is 39.1. The van der Waals surface area contributed by atoms with Crippen LogP contribution in [0.1, 0.15) is 15.9 Å². The van der Waals surface area contributed by atoms with E-state index >= 15 is 0 Å². The van der Waals surface area contributed by atoms with E-state index in [2.05, 4.69) is 20.9 Å². The average Bonchev–Trinajstić information content (AvgIpc) is 2.40. The van der Waals surface area contributed by atoms with Gasteiger partial charge in [0.05, 0.1) is 11.1 Å². The van der Waals surface area contributed by atoms with Crippen LogP contribution < -0.4 is 0 Å². The third-order valence-corrected chi connectivity index (χ3v) is 3.90. The Morgan fingerprint density at radius 3 is 2.38 bits per heavy atom. The molecule has 0 aliphatic carbocycles. The molecule has 0 radical (unpaired) electrons. The molecule has 0 saturated heterocycles. The number of pyridine rings is 1. The number of halogens is 4. The monoisotopic (exact) mass is 377 g/mol. The minimum atomic E-state index is -4.51. The third kappa shape index (κ3) is 3.98. The van der Waals surface area contributed by atoms with Crippen LogP contribution in [0.2, 0.25) is 0 Å². The van der Waals surface area contributed by atoms with Crippen LogP contribution in [0.3, 0.4) is 0 Å². The summed E-state index contributed by atoms with van der Waals surface area (Å²) in [4.78, 5) is 15.0. The molecule has 0 saturated carbocycles. The highest BCUT2D eigenvalue weighted by Crippen LogP contribution is 2.39. The lowest BCUT2D eigenvalue weighted by atomic mass is 10.2. The van der Waals surface area contributed by atoms with Crippen LogP contribution in [0.25, 0.3) is 0 Å². The van der Waals surface area contributed by atoms with Crippen molar-refractivity contribution < 1.29 is 23.1 Å². The molecule has 0 aliphatic rings. The number of carboxylic acid groups (broad SMARTS) is 1. The number of nitrogens with zero attached hydrogens (tertiary/aromatic N) is 1. The van der Waals surface area contributed by atoms with E-state index in [-0.39, 0.29) is 15.1 Å². The van der Waals surface area contributed by atoms with Crippen molar-refractivity contribution in [3.63, 3.8) is 0 Å². The molecule has 1 aromatic heterocycles. The SMILES string of the molecule is O=C(O)c1ccc(Sc2ncc(Br)cc2C(F)(F)F)cc1. The van der Waals surface area contributed by atoms with Crippen molar-refractivity contribution in [1.82, 2.24) is 4.98 Å². The molecule has 0 unspecified atom stereocenters. The van der Waals surface area contributed by atoms with E-state index in [0.29, 0.717) is 4.90 Å². The Morgan fingerprint density at radius 2 is 1.86 bits per heavy atom. The summed E-state index contributed by atoms with van der Waals surface area (Å²) in [6, 6.07) is 6.50. The lowest BCUT2D eigenvalue weighted by molar-refractivity contribution is -0.140. The van der Waals surface area contributed by atoms with Crippen molar-refractivity contribution in [1.29, 1.82) is 0 Å². The van der Waals surface area contributed by atoms with Crippen molar-refractivity contribution in [3.8, 4) is 0 Å². The van der Waals surface area contributed by atoms with Gasteiger partial charge in [0.25, 0.3) is 0 Å². The van der Waals surface area contributed by atoms with Crippen LogP contribution in [-0.4, -0.2) is 16.1 Å². The summed E-state index contributed by atoms with van der Waals surface area (Å²) in [7, 11) is 0. The highest BCUT2D eigenvalue weighted by atomic mass is 79.9. The molecular weight excluding hydrogens is 371 g/mol. The second-order valence-electron chi connectivity index (χ2n) is 3.94. The van der Waals surface area contributed by atoms with E-state index in [1.54, 1.807) is 0 Å². The van der Waals surface area contributed by atoms with Gasteiger partial charge in [-0.3, -0.25) is 0 Å². The molecule has 0 spiro atoms. The number of hydrogen-bond acceptors (Lipinski definition) is 3. The summed E-state index contributed by atoms with van der Waals surface area (Å²) in [6.07, 6.45) is -3.23. The predicted molar refractivity (Wildman–Crippen MR) is 74.5 cm³/mol. The Balaban J connectivity index is 2.33. The fourth-order valence-corrected chi connectivity index (χ4v) is 2.71. The summed E-state index contributed by atoms with van der Waals surface area (Å²) in [6.45, 7) is 0. The summed E-state index contributed by atoms with van der Waals surface area (Å²) >= 11 is 3.79. The van der Waals surface area contributed by atoms with Gasteiger partial charge in [0.2, 0.25) is 0 Å². The van der Waals surface area contributed by atoms with Crippen molar-refractivity contribution in [3.05, 3.63) is 52.1 Å². The second-order valence-corrected chi connectivity index (χ2v) is 5.91. The van der Waals surface area contributed by atoms with Gasteiger partial charge >= 0.3 is 12.1 Å².